The maximum absolute atomic E-state index is 11.3. The van der Waals surface area contributed by atoms with Crippen molar-refractivity contribution in [2.45, 2.75) is 6.42 Å². The van der Waals surface area contributed by atoms with E-state index in [1.54, 1.807) is 0 Å². The van der Waals surface area contributed by atoms with Crippen LogP contribution in [0.25, 0.3) is 0 Å². The van der Waals surface area contributed by atoms with Crippen molar-refractivity contribution in [3.05, 3.63) is 0 Å². The van der Waals surface area contributed by atoms with Crippen LogP contribution in [0.2, 0.25) is 0 Å². The maximum atomic E-state index is 11.3. The lowest BCUT2D eigenvalue weighted by Gasteiger charge is -2.07. The molecule has 5 nitrogen and oxygen atoms in total. The van der Waals surface area contributed by atoms with Gasteiger partial charge in [-0.1, -0.05) is 0 Å². The van der Waals surface area contributed by atoms with Gasteiger partial charge in [0.2, 0.25) is 0 Å². The van der Waals surface area contributed by atoms with Gasteiger partial charge in [0.15, 0.2) is 0 Å². The zero-order chi connectivity index (χ0) is 9.87. The summed E-state index contributed by atoms with van der Waals surface area (Å²) < 4.78 is 9.35. The van der Waals surface area contributed by atoms with E-state index in [1.807, 2.05) is 0 Å². The van der Waals surface area contributed by atoms with Crippen LogP contribution in [0.5, 0.6) is 0 Å². The average Bonchev–Trinajstić information content (AvgIpc) is 2.71. The van der Waals surface area contributed by atoms with Gasteiger partial charge in [-0.2, -0.15) is 0 Å². The Labute approximate surface area is 79.4 Å². The predicted octanol–water partition coefficient (Wildman–Crippen LogP) is -0.505. The number of cyclic esters (lactones) is 3. The molecule has 0 aromatic carbocycles. The fourth-order valence-electron chi connectivity index (χ4n) is 2.76. The molecule has 5 heteroatoms. The third kappa shape index (κ3) is 0.773. The van der Waals surface area contributed by atoms with Crippen molar-refractivity contribution in [1.29, 1.82) is 0 Å². The molecule has 4 atom stereocenters. The average molecular weight is 196 g/mol. The van der Waals surface area contributed by atoms with Crippen molar-refractivity contribution < 1.29 is 23.9 Å². The molecule has 1 aliphatic carbocycles. The maximum Gasteiger partial charge on any atom is 0.318 e. The first-order chi connectivity index (χ1) is 6.68. The standard InChI is InChI=1S/C9H8O5/c10-7-4-1-3-2-13-8(11)5(3)6(4)9(12)14-7/h3-6H,1-2H2/t3-,4-,5+,6-/m0/s1. The Bertz CT molecular complexity index is 347. The second-order valence-corrected chi connectivity index (χ2v) is 4.02. The summed E-state index contributed by atoms with van der Waals surface area (Å²) in [6, 6.07) is 0. The van der Waals surface area contributed by atoms with Crippen LogP contribution in [0.1, 0.15) is 6.42 Å². The Morgan fingerprint density at radius 1 is 1.00 bits per heavy atom. The summed E-state index contributed by atoms with van der Waals surface area (Å²) in [5.41, 5.74) is 0. The van der Waals surface area contributed by atoms with E-state index in [0.717, 1.165) is 0 Å². The Balaban J connectivity index is 1.99. The van der Waals surface area contributed by atoms with Gasteiger partial charge >= 0.3 is 17.9 Å². The molecule has 3 aliphatic rings. The summed E-state index contributed by atoms with van der Waals surface area (Å²) in [7, 11) is 0. The first-order valence-corrected chi connectivity index (χ1v) is 4.60. The number of carbonyl (C=O) groups excluding carboxylic acids is 3. The monoisotopic (exact) mass is 196 g/mol. The summed E-state index contributed by atoms with van der Waals surface area (Å²) >= 11 is 0. The fourth-order valence-corrected chi connectivity index (χ4v) is 2.76. The van der Waals surface area contributed by atoms with Gasteiger partial charge in [-0.05, 0) is 6.42 Å². The molecule has 0 radical (unpaired) electrons. The zero-order valence-corrected chi connectivity index (χ0v) is 7.26. The number of hydrogen-bond donors (Lipinski definition) is 0. The van der Waals surface area contributed by atoms with Crippen molar-refractivity contribution in [3.63, 3.8) is 0 Å². The number of hydrogen-bond acceptors (Lipinski definition) is 5. The largest absolute Gasteiger partial charge is 0.465 e. The van der Waals surface area contributed by atoms with Gasteiger partial charge in [-0.3, -0.25) is 14.4 Å². The van der Waals surface area contributed by atoms with Gasteiger partial charge in [0.25, 0.3) is 0 Å². The predicted molar refractivity (Wildman–Crippen MR) is 40.6 cm³/mol. The number of ether oxygens (including phenoxy) is 2. The minimum Gasteiger partial charge on any atom is -0.465 e. The Morgan fingerprint density at radius 3 is 2.57 bits per heavy atom. The van der Waals surface area contributed by atoms with Gasteiger partial charge in [-0.25, -0.2) is 0 Å². The molecule has 3 fully saturated rings. The smallest absolute Gasteiger partial charge is 0.318 e. The van der Waals surface area contributed by atoms with Crippen LogP contribution in [0, 0.1) is 23.7 Å². The van der Waals surface area contributed by atoms with Crippen LogP contribution in [0.4, 0.5) is 0 Å². The highest BCUT2D eigenvalue weighted by Crippen LogP contribution is 2.49. The molecule has 2 saturated heterocycles. The normalized spacial score (nSPS) is 44.7. The van der Waals surface area contributed by atoms with E-state index in [1.165, 1.54) is 0 Å². The van der Waals surface area contributed by atoms with Crippen molar-refractivity contribution in [3.8, 4) is 0 Å². The Kier molecular flexibility index (Phi) is 1.33. The van der Waals surface area contributed by atoms with Crippen LogP contribution in [0.3, 0.4) is 0 Å². The van der Waals surface area contributed by atoms with E-state index in [-0.39, 0.29) is 11.9 Å². The molecule has 1 saturated carbocycles. The van der Waals surface area contributed by atoms with Crippen molar-refractivity contribution >= 4 is 17.9 Å². The molecule has 14 heavy (non-hydrogen) atoms. The van der Waals surface area contributed by atoms with E-state index in [4.69, 9.17) is 4.74 Å². The molecule has 0 amide bonds. The molecule has 0 unspecified atom stereocenters. The molecule has 0 aromatic rings. The summed E-state index contributed by atoms with van der Waals surface area (Å²) in [6.45, 7) is 0.344. The molecular weight excluding hydrogens is 188 g/mol. The van der Waals surface area contributed by atoms with E-state index >= 15 is 0 Å². The van der Waals surface area contributed by atoms with Gasteiger partial charge < -0.3 is 9.47 Å². The minimum absolute atomic E-state index is 0.0364. The van der Waals surface area contributed by atoms with Gasteiger partial charge in [-0.15, -0.1) is 0 Å². The second kappa shape index (κ2) is 2.34. The highest BCUT2D eigenvalue weighted by molar-refractivity contribution is 6.00. The van der Waals surface area contributed by atoms with Crippen LogP contribution in [-0.2, 0) is 23.9 Å². The summed E-state index contributed by atoms with van der Waals surface area (Å²) in [6.07, 6.45) is 0.547. The Hall–Kier alpha value is -1.39. The third-order valence-corrected chi connectivity index (χ3v) is 3.37. The van der Waals surface area contributed by atoms with Crippen LogP contribution in [0.15, 0.2) is 0 Å². The summed E-state index contributed by atoms with van der Waals surface area (Å²) in [5, 5.41) is 0. The van der Waals surface area contributed by atoms with Crippen molar-refractivity contribution in [1.82, 2.24) is 0 Å². The highest BCUT2D eigenvalue weighted by Gasteiger charge is 2.61. The second-order valence-electron chi connectivity index (χ2n) is 4.02. The molecule has 0 aromatic heterocycles. The van der Waals surface area contributed by atoms with E-state index < -0.39 is 29.7 Å². The lowest BCUT2D eigenvalue weighted by atomic mass is 9.90. The van der Waals surface area contributed by atoms with Gasteiger partial charge in [0.05, 0.1) is 24.4 Å². The van der Waals surface area contributed by atoms with Crippen LogP contribution < -0.4 is 0 Å². The third-order valence-electron chi connectivity index (χ3n) is 3.37. The molecule has 0 spiro atoms. The van der Waals surface area contributed by atoms with Crippen molar-refractivity contribution in [2.24, 2.45) is 23.7 Å². The molecule has 0 N–H and O–H groups in total. The molecule has 0 bridgehead atoms. The number of carbonyl (C=O) groups is 3. The highest BCUT2D eigenvalue weighted by atomic mass is 16.6. The van der Waals surface area contributed by atoms with E-state index in [2.05, 4.69) is 4.74 Å². The lowest BCUT2D eigenvalue weighted by molar-refractivity contribution is -0.156. The SMILES string of the molecule is O=C1OC[C@@H]2C[C@@H]3C(=O)OC(=O)[C@@H]3[C@H]12. The van der Waals surface area contributed by atoms with Crippen LogP contribution in [-0.4, -0.2) is 24.5 Å². The van der Waals surface area contributed by atoms with E-state index in [9.17, 15) is 14.4 Å². The first-order valence-electron chi connectivity index (χ1n) is 4.60. The summed E-state index contributed by atoms with van der Waals surface area (Å²) in [5.74, 6) is -2.73. The zero-order valence-electron chi connectivity index (χ0n) is 7.26. The minimum atomic E-state index is -0.567. The summed E-state index contributed by atoms with van der Waals surface area (Å²) in [4.78, 5) is 33.8. The van der Waals surface area contributed by atoms with Crippen molar-refractivity contribution in [2.75, 3.05) is 6.61 Å². The Morgan fingerprint density at radius 2 is 1.79 bits per heavy atom. The lowest BCUT2D eigenvalue weighted by Crippen LogP contribution is -2.24. The van der Waals surface area contributed by atoms with Gasteiger partial charge in [0.1, 0.15) is 0 Å². The molecule has 74 valence electrons. The van der Waals surface area contributed by atoms with E-state index in [0.29, 0.717) is 13.0 Å². The fraction of sp³-hybridized carbons (Fsp3) is 0.667. The quantitative estimate of drug-likeness (QED) is 0.385. The number of esters is 3. The number of rotatable bonds is 0. The molecular formula is C9H8O5. The van der Waals surface area contributed by atoms with Crippen LogP contribution >= 0.6 is 0 Å². The van der Waals surface area contributed by atoms with Gasteiger partial charge in [0, 0.05) is 5.92 Å². The first kappa shape index (κ1) is 7.96. The number of fused-ring (bicyclic) bond motifs is 3. The topological polar surface area (TPSA) is 69.7 Å². The molecule has 2 aliphatic heterocycles. The molecule has 3 rings (SSSR count). The molecule has 2 heterocycles.